The van der Waals surface area contributed by atoms with Gasteiger partial charge in [-0.2, -0.15) is 0 Å². The molecular weight excluding hydrogens is 302 g/mol. The first-order valence-corrected chi connectivity index (χ1v) is 9.11. The lowest BCUT2D eigenvalue weighted by molar-refractivity contribution is -0.123. The molecule has 1 saturated carbocycles. The van der Waals surface area contributed by atoms with Crippen LogP contribution in [0.4, 0.5) is 4.79 Å². The van der Waals surface area contributed by atoms with Crippen LogP contribution >= 0.6 is 0 Å². The van der Waals surface area contributed by atoms with E-state index in [4.69, 9.17) is 0 Å². The summed E-state index contributed by atoms with van der Waals surface area (Å²) >= 11 is 0. The summed E-state index contributed by atoms with van der Waals surface area (Å²) in [5, 5.41) is 6.25. The lowest BCUT2D eigenvalue weighted by Gasteiger charge is -2.39. The van der Waals surface area contributed by atoms with Crippen LogP contribution in [0.5, 0.6) is 0 Å². The molecule has 2 heterocycles. The minimum absolute atomic E-state index is 0.0401. The van der Waals surface area contributed by atoms with Gasteiger partial charge in [0, 0.05) is 30.6 Å². The number of carbonyl (C=O) groups excluding carboxylic acids is 2. The molecule has 2 saturated heterocycles. The van der Waals surface area contributed by atoms with Crippen molar-refractivity contribution in [3.05, 3.63) is 35.9 Å². The van der Waals surface area contributed by atoms with Gasteiger partial charge in [0.1, 0.15) is 0 Å². The molecular formula is C19H25N3O2. The van der Waals surface area contributed by atoms with Gasteiger partial charge in [0.05, 0.1) is 0 Å². The van der Waals surface area contributed by atoms with E-state index in [0.717, 1.165) is 44.1 Å². The fourth-order valence-electron chi connectivity index (χ4n) is 4.16. The molecule has 2 aliphatic heterocycles. The molecule has 0 spiro atoms. The van der Waals surface area contributed by atoms with E-state index < -0.39 is 0 Å². The van der Waals surface area contributed by atoms with Gasteiger partial charge in [-0.3, -0.25) is 4.79 Å². The summed E-state index contributed by atoms with van der Waals surface area (Å²) in [6, 6.07) is 10.8. The number of carbonyl (C=O) groups is 2. The van der Waals surface area contributed by atoms with E-state index in [2.05, 4.69) is 10.6 Å². The number of rotatable bonds is 4. The second kappa shape index (κ2) is 6.46. The van der Waals surface area contributed by atoms with Crippen LogP contribution in [0.25, 0.3) is 0 Å². The Labute approximate surface area is 142 Å². The van der Waals surface area contributed by atoms with Gasteiger partial charge in [-0.1, -0.05) is 30.3 Å². The van der Waals surface area contributed by atoms with Crippen molar-refractivity contribution in [2.75, 3.05) is 0 Å². The normalized spacial score (nSPS) is 28.5. The second-order valence-electron chi connectivity index (χ2n) is 7.39. The zero-order valence-corrected chi connectivity index (χ0v) is 13.9. The van der Waals surface area contributed by atoms with Crippen LogP contribution in [0, 0.1) is 5.92 Å². The quantitative estimate of drug-likeness (QED) is 0.892. The molecule has 3 fully saturated rings. The first kappa shape index (κ1) is 15.5. The highest BCUT2D eigenvalue weighted by Crippen LogP contribution is 2.36. The smallest absolute Gasteiger partial charge is 0.318 e. The Morgan fingerprint density at radius 3 is 2.29 bits per heavy atom. The average Bonchev–Trinajstić information content (AvgIpc) is 3.40. The molecule has 2 atom stereocenters. The molecule has 2 N–H and O–H groups in total. The number of benzene rings is 1. The van der Waals surface area contributed by atoms with E-state index in [1.54, 1.807) is 0 Å². The zero-order chi connectivity index (χ0) is 16.5. The van der Waals surface area contributed by atoms with E-state index >= 15 is 0 Å². The summed E-state index contributed by atoms with van der Waals surface area (Å²) < 4.78 is 0. The molecule has 3 amide bonds. The summed E-state index contributed by atoms with van der Waals surface area (Å²) in [6.07, 6.45) is 5.98. The zero-order valence-electron chi connectivity index (χ0n) is 13.9. The van der Waals surface area contributed by atoms with Gasteiger partial charge < -0.3 is 15.5 Å². The molecule has 3 aliphatic rings. The Morgan fingerprint density at radius 2 is 1.67 bits per heavy atom. The maximum Gasteiger partial charge on any atom is 0.318 e. The first-order valence-electron chi connectivity index (χ1n) is 9.11. The second-order valence-corrected chi connectivity index (χ2v) is 7.39. The Balaban J connectivity index is 1.32. The maximum atomic E-state index is 12.6. The standard InChI is InChI=1S/C19H25N3O2/c23-18(14-6-7-14)21-15-10-16-8-9-17(11-15)22(16)19(24)20-12-13-4-2-1-3-5-13/h1-5,14-17H,6-12H2,(H,20,24)(H,21,23)/t16-,17-/m1/s1. The summed E-state index contributed by atoms with van der Waals surface area (Å²) in [6.45, 7) is 0.567. The Kier molecular flexibility index (Phi) is 4.17. The van der Waals surface area contributed by atoms with Crippen molar-refractivity contribution in [1.29, 1.82) is 0 Å². The van der Waals surface area contributed by atoms with Crippen molar-refractivity contribution in [3.8, 4) is 0 Å². The van der Waals surface area contributed by atoms with Crippen LogP contribution < -0.4 is 10.6 Å². The number of amides is 3. The van der Waals surface area contributed by atoms with Gasteiger partial charge in [0.25, 0.3) is 0 Å². The van der Waals surface area contributed by atoms with Crippen LogP contribution in [-0.2, 0) is 11.3 Å². The van der Waals surface area contributed by atoms with Crippen LogP contribution in [0.1, 0.15) is 44.1 Å². The highest BCUT2D eigenvalue weighted by Gasteiger charge is 2.44. The van der Waals surface area contributed by atoms with E-state index in [9.17, 15) is 9.59 Å². The highest BCUT2D eigenvalue weighted by atomic mass is 16.2. The van der Waals surface area contributed by atoms with Crippen LogP contribution in [-0.4, -0.2) is 35.0 Å². The molecule has 4 rings (SSSR count). The number of urea groups is 1. The third-order valence-electron chi connectivity index (χ3n) is 5.55. The van der Waals surface area contributed by atoms with E-state index in [0.29, 0.717) is 6.54 Å². The number of nitrogens with zero attached hydrogens (tertiary/aromatic N) is 1. The SMILES string of the molecule is O=C(NC1C[C@H]2CC[C@H](C1)N2C(=O)NCc1ccccc1)C1CC1. The predicted octanol–water partition coefficient (Wildman–Crippen LogP) is 2.42. The number of hydrogen-bond acceptors (Lipinski definition) is 2. The lowest BCUT2D eigenvalue weighted by atomic mass is 9.97. The lowest BCUT2D eigenvalue weighted by Crippen LogP contribution is -2.55. The Morgan fingerprint density at radius 1 is 1.00 bits per heavy atom. The molecule has 0 unspecified atom stereocenters. The molecule has 24 heavy (non-hydrogen) atoms. The predicted molar refractivity (Wildman–Crippen MR) is 91.2 cm³/mol. The summed E-state index contributed by atoms with van der Waals surface area (Å²) in [5.74, 6) is 0.483. The average molecular weight is 327 g/mol. The molecule has 5 nitrogen and oxygen atoms in total. The summed E-state index contributed by atoms with van der Waals surface area (Å²) in [7, 11) is 0. The number of hydrogen-bond donors (Lipinski definition) is 2. The first-order chi connectivity index (χ1) is 11.7. The van der Waals surface area contributed by atoms with Gasteiger partial charge in [0.2, 0.25) is 5.91 Å². The molecule has 0 radical (unpaired) electrons. The third-order valence-corrected chi connectivity index (χ3v) is 5.55. The van der Waals surface area contributed by atoms with Gasteiger partial charge in [-0.05, 0) is 44.1 Å². The van der Waals surface area contributed by atoms with Gasteiger partial charge in [-0.25, -0.2) is 4.79 Å². The number of nitrogens with one attached hydrogen (secondary N) is 2. The Hall–Kier alpha value is -2.04. The van der Waals surface area contributed by atoms with Crippen LogP contribution in [0.15, 0.2) is 30.3 Å². The van der Waals surface area contributed by atoms with Crippen molar-refractivity contribution in [1.82, 2.24) is 15.5 Å². The molecule has 1 aromatic carbocycles. The minimum Gasteiger partial charge on any atom is -0.353 e. The van der Waals surface area contributed by atoms with Gasteiger partial charge in [-0.15, -0.1) is 0 Å². The van der Waals surface area contributed by atoms with Crippen molar-refractivity contribution >= 4 is 11.9 Å². The topological polar surface area (TPSA) is 61.4 Å². The minimum atomic E-state index is 0.0401. The molecule has 128 valence electrons. The Bertz CT molecular complexity index is 600. The van der Waals surface area contributed by atoms with Crippen LogP contribution in [0.3, 0.4) is 0 Å². The fourth-order valence-corrected chi connectivity index (χ4v) is 4.16. The van der Waals surface area contributed by atoms with Crippen molar-refractivity contribution in [2.24, 2.45) is 5.92 Å². The largest absolute Gasteiger partial charge is 0.353 e. The van der Waals surface area contributed by atoms with E-state index in [1.165, 1.54) is 0 Å². The molecule has 5 heteroatoms. The van der Waals surface area contributed by atoms with Crippen molar-refractivity contribution in [2.45, 2.75) is 63.2 Å². The molecule has 1 aliphatic carbocycles. The molecule has 2 bridgehead atoms. The van der Waals surface area contributed by atoms with Crippen molar-refractivity contribution in [3.63, 3.8) is 0 Å². The van der Waals surface area contributed by atoms with E-state index in [1.807, 2.05) is 35.2 Å². The summed E-state index contributed by atoms with van der Waals surface area (Å²) in [5.41, 5.74) is 1.12. The maximum absolute atomic E-state index is 12.6. The van der Waals surface area contributed by atoms with E-state index in [-0.39, 0.29) is 36.0 Å². The highest BCUT2D eigenvalue weighted by molar-refractivity contribution is 5.81. The fraction of sp³-hybridized carbons (Fsp3) is 0.579. The number of fused-ring (bicyclic) bond motifs is 2. The number of piperidine rings is 1. The van der Waals surface area contributed by atoms with Crippen molar-refractivity contribution < 1.29 is 9.59 Å². The summed E-state index contributed by atoms with van der Waals surface area (Å²) in [4.78, 5) is 26.6. The third kappa shape index (κ3) is 3.25. The molecule has 1 aromatic rings. The van der Waals surface area contributed by atoms with Gasteiger partial charge in [0.15, 0.2) is 0 Å². The molecule has 0 aromatic heterocycles. The van der Waals surface area contributed by atoms with Gasteiger partial charge >= 0.3 is 6.03 Å². The van der Waals surface area contributed by atoms with Crippen LogP contribution in [0.2, 0.25) is 0 Å². The monoisotopic (exact) mass is 327 g/mol.